The third kappa shape index (κ3) is 1.97. The summed E-state index contributed by atoms with van der Waals surface area (Å²) in [5.74, 6) is 0.360. The topological polar surface area (TPSA) is 20.2 Å². The maximum atomic E-state index is 10.7. The van der Waals surface area contributed by atoms with E-state index < -0.39 is 0 Å². The van der Waals surface area contributed by atoms with Gasteiger partial charge in [0.2, 0.25) is 0 Å². The monoisotopic (exact) mass is 254 g/mol. The van der Waals surface area contributed by atoms with E-state index in [0.29, 0.717) is 5.92 Å². The molecule has 1 nitrogen and oxygen atoms in total. The Balaban J connectivity index is 2.15. The summed E-state index contributed by atoms with van der Waals surface area (Å²) in [6, 6.07) is 10.9. The van der Waals surface area contributed by atoms with E-state index in [2.05, 4.69) is 44.2 Å². The zero-order chi connectivity index (χ0) is 13.4. The average Bonchev–Trinajstić information content (AvgIpc) is 2.86. The molecule has 1 unspecified atom stereocenters. The van der Waals surface area contributed by atoms with Crippen LogP contribution in [0.15, 0.2) is 30.3 Å². The maximum absolute atomic E-state index is 10.7. The minimum absolute atomic E-state index is 0.333. The maximum Gasteiger partial charge on any atom is 0.0823 e. The van der Waals surface area contributed by atoms with Crippen molar-refractivity contribution in [1.82, 2.24) is 0 Å². The molecule has 1 N–H and O–H groups in total. The number of aliphatic hydroxyl groups is 1. The number of aryl methyl sites for hydroxylation is 2. The van der Waals surface area contributed by atoms with E-state index in [4.69, 9.17) is 0 Å². The second-order valence-electron chi connectivity index (χ2n) is 5.68. The first-order valence-electron chi connectivity index (χ1n) is 7.47. The zero-order valence-electron chi connectivity index (χ0n) is 11.8. The predicted octanol–water partition coefficient (Wildman–Crippen LogP) is 4.41. The lowest BCUT2D eigenvalue weighted by Crippen LogP contribution is -2.11. The van der Waals surface area contributed by atoms with Crippen molar-refractivity contribution in [2.24, 2.45) is 5.92 Å². The Hall–Kier alpha value is -1.34. The van der Waals surface area contributed by atoms with Crippen molar-refractivity contribution in [3.05, 3.63) is 47.0 Å². The van der Waals surface area contributed by atoms with Crippen LogP contribution < -0.4 is 0 Å². The van der Waals surface area contributed by atoms with E-state index in [0.717, 1.165) is 31.2 Å². The van der Waals surface area contributed by atoms with Gasteiger partial charge in [-0.05, 0) is 46.2 Å². The molecule has 1 heteroatoms. The molecule has 0 aromatic heterocycles. The fraction of sp³-hybridized carbons (Fsp3) is 0.444. The molecule has 0 heterocycles. The van der Waals surface area contributed by atoms with E-state index in [-0.39, 0.29) is 6.10 Å². The minimum atomic E-state index is -0.333. The minimum Gasteiger partial charge on any atom is -0.388 e. The van der Waals surface area contributed by atoms with Crippen LogP contribution in [-0.2, 0) is 12.8 Å². The Kier molecular flexibility index (Phi) is 3.32. The smallest absolute Gasteiger partial charge is 0.0823 e. The summed E-state index contributed by atoms with van der Waals surface area (Å²) in [7, 11) is 0. The fourth-order valence-corrected chi connectivity index (χ4v) is 3.52. The molecule has 1 aliphatic carbocycles. The molecule has 1 atom stereocenters. The molecule has 0 amide bonds. The van der Waals surface area contributed by atoms with E-state index in [1.165, 1.54) is 21.9 Å². The Bertz CT molecular complexity index is 586. The van der Waals surface area contributed by atoms with E-state index >= 15 is 0 Å². The largest absolute Gasteiger partial charge is 0.388 e. The standard InChI is InChI=1S/C18H22O/c1-3-12(4-2)18(19)16-11-10-14-9-8-13-6-5-7-15(16)17(13)14/h5-7,10-12,18-19H,3-4,8-9H2,1-2H3. The number of aliphatic hydroxyl groups excluding tert-OH is 1. The van der Waals surface area contributed by atoms with Crippen LogP contribution >= 0.6 is 0 Å². The Labute approximate surface area is 115 Å². The summed E-state index contributed by atoms with van der Waals surface area (Å²) in [5.41, 5.74) is 4.02. The van der Waals surface area contributed by atoms with Gasteiger partial charge in [0.1, 0.15) is 0 Å². The number of hydrogen-bond acceptors (Lipinski definition) is 1. The van der Waals surface area contributed by atoms with E-state index in [1.807, 2.05) is 0 Å². The van der Waals surface area contributed by atoms with Gasteiger partial charge in [-0.2, -0.15) is 0 Å². The molecule has 19 heavy (non-hydrogen) atoms. The van der Waals surface area contributed by atoms with Gasteiger partial charge in [0.25, 0.3) is 0 Å². The van der Waals surface area contributed by atoms with Crippen LogP contribution in [0.2, 0.25) is 0 Å². The highest BCUT2D eigenvalue weighted by molar-refractivity contribution is 5.93. The molecule has 3 rings (SSSR count). The summed E-state index contributed by atoms with van der Waals surface area (Å²) in [6.45, 7) is 4.33. The Morgan fingerprint density at radius 3 is 2.37 bits per heavy atom. The van der Waals surface area contributed by atoms with Crippen molar-refractivity contribution in [1.29, 1.82) is 0 Å². The molecule has 2 aromatic rings. The molecule has 1 aliphatic rings. The highest BCUT2D eigenvalue weighted by Gasteiger charge is 2.22. The van der Waals surface area contributed by atoms with Crippen molar-refractivity contribution >= 4 is 10.8 Å². The van der Waals surface area contributed by atoms with Gasteiger partial charge in [-0.25, -0.2) is 0 Å². The second kappa shape index (κ2) is 4.97. The highest BCUT2D eigenvalue weighted by Crippen LogP contribution is 2.37. The summed E-state index contributed by atoms with van der Waals surface area (Å²) < 4.78 is 0. The first kappa shape index (κ1) is 12.7. The van der Waals surface area contributed by atoms with Gasteiger partial charge in [0.05, 0.1) is 6.10 Å². The average molecular weight is 254 g/mol. The van der Waals surface area contributed by atoms with Gasteiger partial charge in [0.15, 0.2) is 0 Å². The summed E-state index contributed by atoms with van der Waals surface area (Å²) >= 11 is 0. The van der Waals surface area contributed by atoms with Gasteiger partial charge >= 0.3 is 0 Å². The van der Waals surface area contributed by atoms with E-state index in [9.17, 15) is 5.11 Å². The molecular formula is C18H22O. The van der Waals surface area contributed by atoms with Crippen molar-refractivity contribution in [3.63, 3.8) is 0 Å². The van der Waals surface area contributed by atoms with Crippen molar-refractivity contribution < 1.29 is 5.11 Å². The van der Waals surface area contributed by atoms with Crippen molar-refractivity contribution in [2.45, 2.75) is 45.6 Å². The van der Waals surface area contributed by atoms with Crippen LogP contribution in [0.5, 0.6) is 0 Å². The van der Waals surface area contributed by atoms with Crippen LogP contribution in [0.4, 0.5) is 0 Å². The number of benzene rings is 2. The molecular weight excluding hydrogens is 232 g/mol. The molecule has 0 fully saturated rings. The van der Waals surface area contributed by atoms with Crippen LogP contribution in [0.1, 0.15) is 49.5 Å². The van der Waals surface area contributed by atoms with Gasteiger partial charge in [-0.15, -0.1) is 0 Å². The SMILES string of the molecule is CCC(CC)C(O)c1ccc2c3c(cccc13)CC2. The lowest BCUT2D eigenvalue weighted by molar-refractivity contribution is 0.105. The lowest BCUT2D eigenvalue weighted by Gasteiger charge is -2.22. The van der Waals surface area contributed by atoms with Crippen molar-refractivity contribution in [3.8, 4) is 0 Å². The third-order valence-electron chi connectivity index (χ3n) is 4.72. The zero-order valence-corrected chi connectivity index (χ0v) is 11.8. The molecule has 0 aliphatic heterocycles. The molecule has 0 bridgehead atoms. The lowest BCUT2D eigenvalue weighted by atomic mass is 9.87. The number of hydrogen-bond donors (Lipinski definition) is 1. The molecule has 0 radical (unpaired) electrons. The van der Waals surface area contributed by atoms with Crippen LogP contribution in [-0.4, -0.2) is 5.11 Å². The first-order chi connectivity index (χ1) is 9.26. The molecule has 100 valence electrons. The fourth-order valence-electron chi connectivity index (χ4n) is 3.52. The van der Waals surface area contributed by atoms with Gasteiger partial charge in [0, 0.05) is 0 Å². The van der Waals surface area contributed by atoms with Crippen LogP contribution in [0.25, 0.3) is 10.8 Å². The van der Waals surface area contributed by atoms with Crippen LogP contribution in [0, 0.1) is 5.92 Å². The molecule has 2 aromatic carbocycles. The summed E-state index contributed by atoms with van der Waals surface area (Å²) in [6.07, 6.45) is 4.02. The van der Waals surface area contributed by atoms with Crippen LogP contribution in [0.3, 0.4) is 0 Å². The summed E-state index contributed by atoms with van der Waals surface area (Å²) in [4.78, 5) is 0. The Morgan fingerprint density at radius 2 is 1.68 bits per heavy atom. The normalized spacial score (nSPS) is 15.4. The summed E-state index contributed by atoms with van der Waals surface area (Å²) in [5, 5.41) is 13.4. The van der Waals surface area contributed by atoms with Crippen molar-refractivity contribution in [2.75, 3.05) is 0 Å². The predicted molar refractivity (Wildman–Crippen MR) is 80.4 cm³/mol. The Morgan fingerprint density at radius 1 is 1.00 bits per heavy atom. The van der Waals surface area contributed by atoms with Gasteiger partial charge in [-0.3, -0.25) is 0 Å². The van der Waals surface area contributed by atoms with E-state index in [1.54, 1.807) is 0 Å². The molecule has 0 saturated carbocycles. The second-order valence-corrected chi connectivity index (χ2v) is 5.68. The highest BCUT2D eigenvalue weighted by atomic mass is 16.3. The van der Waals surface area contributed by atoms with Gasteiger partial charge < -0.3 is 5.11 Å². The number of rotatable bonds is 4. The quantitative estimate of drug-likeness (QED) is 0.857. The first-order valence-corrected chi connectivity index (χ1v) is 7.47. The van der Waals surface area contributed by atoms with Gasteiger partial charge in [-0.1, -0.05) is 57.0 Å². The molecule has 0 spiro atoms. The third-order valence-corrected chi connectivity index (χ3v) is 4.72. The molecule has 0 saturated heterocycles.